The highest BCUT2D eigenvalue weighted by atomic mass is 32.2. The Labute approximate surface area is 111 Å². The molecule has 1 rings (SSSR count). The monoisotopic (exact) mass is 290 g/mol. The Bertz CT molecular complexity index is 603. The molecule has 0 saturated heterocycles. The zero-order valence-electron chi connectivity index (χ0n) is 11.6. The first kappa shape index (κ1) is 15.4. The minimum absolute atomic E-state index is 0.0612. The van der Waals surface area contributed by atoms with Crippen molar-refractivity contribution in [2.45, 2.75) is 25.5 Å². The molecule has 0 bridgehead atoms. The van der Waals surface area contributed by atoms with Gasteiger partial charge in [-0.2, -0.15) is 0 Å². The molecular weight excluding hydrogens is 272 g/mol. The average molecular weight is 290 g/mol. The molecule has 1 heterocycles. The van der Waals surface area contributed by atoms with Crippen molar-refractivity contribution in [3.8, 4) is 0 Å². The quantitative estimate of drug-likeness (QED) is 0.637. The normalized spacial score (nSPS) is 12.5. The van der Waals surface area contributed by atoms with E-state index in [4.69, 9.17) is 0 Å². The molecule has 8 nitrogen and oxygen atoms in total. The van der Waals surface area contributed by atoms with Gasteiger partial charge in [-0.05, 0) is 23.8 Å². The zero-order chi connectivity index (χ0) is 15.0. The van der Waals surface area contributed by atoms with Gasteiger partial charge in [0.1, 0.15) is 0 Å². The number of sulfone groups is 1. The average Bonchev–Trinajstić information content (AvgIpc) is 2.51. The second-order valence-corrected chi connectivity index (χ2v) is 7.68. The Morgan fingerprint density at radius 1 is 1.47 bits per heavy atom. The van der Waals surface area contributed by atoms with Gasteiger partial charge >= 0.3 is 5.82 Å². The van der Waals surface area contributed by atoms with E-state index < -0.39 is 19.5 Å². The molecule has 0 atom stereocenters. The smallest absolute Gasteiger partial charge is 0.363 e. The van der Waals surface area contributed by atoms with E-state index in [1.54, 1.807) is 27.8 Å². The van der Waals surface area contributed by atoms with Crippen molar-refractivity contribution in [3.05, 3.63) is 15.9 Å². The summed E-state index contributed by atoms with van der Waals surface area (Å²) in [5.74, 6) is 0.384. The van der Waals surface area contributed by atoms with E-state index in [2.05, 4.69) is 10.3 Å². The Morgan fingerprint density at radius 2 is 2.00 bits per heavy atom. The van der Waals surface area contributed by atoms with Crippen molar-refractivity contribution >= 4 is 21.5 Å². The Balaban J connectivity index is 3.05. The Kier molecular flexibility index (Phi) is 3.89. The predicted molar refractivity (Wildman–Crippen MR) is 72.0 cm³/mol. The number of imidazole rings is 1. The highest BCUT2D eigenvalue weighted by Gasteiger charge is 2.32. The standard InChI is InChI=1S/C10H18N4O4S/c1-7-12-9(14(15)16)8(13(7)4)11-6-10(2,3)19(5,17)18/h11H,6H2,1-5H3. The van der Waals surface area contributed by atoms with Crippen LogP contribution in [0.25, 0.3) is 0 Å². The van der Waals surface area contributed by atoms with E-state index in [-0.39, 0.29) is 18.2 Å². The van der Waals surface area contributed by atoms with Gasteiger partial charge in [0.15, 0.2) is 9.84 Å². The molecule has 1 aromatic heterocycles. The van der Waals surface area contributed by atoms with Gasteiger partial charge in [0.25, 0.3) is 0 Å². The maximum absolute atomic E-state index is 11.6. The first-order valence-corrected chi connectivity index (χ1v) is 7.47. The van der Waals surface area contributed by atoms with E-state index in [9.17, 15) is 18.5 Å². The highest BCUT2D eigenvalue weighted by Crippen LogP contribution is 2.25. The fraction of sp³-hybridized carbons (Fsp3) is 0.700. The van der Waals surface area contributed by atoms with E-state index in [0.717, 1.165) is 6.26 Å². The van der Waals surface area contributed by atoms with Gasteiger partial charge in [-0.15, -0.1) is 0 Å². The second kappa shape index (κ2) is 4.80. The summed E-state index contributed by atoms with van der Waals surface area (Å²) in [5, 5.41) is 13.7. The van der Waals surface area contributed by atoms with Gasteiger partial charge < -0.3 is 15.4 Å². The summed E-state index contributed by atoms with van der Waals surface area (Å²) in [4.78, 5) is 14.1. The molecule has 0 saturated carbocycles. The number of anilines is 1. The Morgan fingerprint density at radius 3 is 2.42 bits per heavy atom. The van der Waals surface area contributed by atoms with E-state index >= 15 is 0 Å². The fourth-order valence-corrected chi connectivity index (χ4v) is 1.68. The van der Waals surface area contributed by atoms with Crippen LogP contribution in [0.1, 0.15) is 19.7 Å². The van der Waals surface area contributed by atoms with Crippen molar-refractivity contribution in [2.75, 3.05) is 18.1 Å². The minimum Gasteiger partial charge on any atom is -0.363 e. The molecule has 0 aliphatic carbocycles. The number of nitrogens with one attached hydrogen (secondary N) is 1. The Hall–Kier alpha value is -1.64. The lowest BCUT2D eigenvalue weighted by Gasteiger charge is -2.23. The van der Waals surface area contributed by atoms with Crippen molar-refractivity contribution < 1.29 is 13.3 Å². The molecule has 0 aliphatic rings. The summed E-state index contributed by atoms with van der Waals surface area (Å²) in [7, 11) is -1.64. The predicted octanol–water partition coefficient (Wildman–Crippen LogP) is 0.872. The molecule has 0 radical (unpaired) electrons. The third kappa shape index (κ3) is 3.03. The van der Waals surface area contributed by atoms with Crippen LogP contribution in [0.2, 0.25) is 0 Å². The molecular formula is C10H18N4O4S. The fourth-order valence-electron chi connectivity index (χ4n) is 1.35. The lowest BCUT2D eigenvalue weighted by atomic mass is 10.2. The molecule has 19 heavy (non-hydrogen) atoms. The van der Waals surface area contributed by atoms with Crippen LogP contribution in [0.5, 0.6) is 0 Å². The molecule has 0 fully saturated rings. The maximum Gasteiger partial charge on any atom is 0.406 e. The number of rotatable bonds is 5. The summed E-state index contributed by atoms with van der Waals surface area (Å²) in [6.07, 6.45) is 1.14. The molecule has 1 N–H and O–H groups in total. The van der Waals surface area contributed by atoms with Crippen molar-refractivity contribution in [3.63, 3.8) is 0 Å². The second-order valence-electron chi connectivity index (χ2n) is 5.03. The van der Waals surface area contributed by atoms with Crippen molar-refractivity contribution in [1.29, 1.82) is 0 Å². The zero-order valence-corrected chi connectivity index (χ0v) is 12.4. The van der Waals surface area contributed by atoms with E-state index in [1.807, 2.05) is 0 Å². The van der Waals surface area contributed by atoms with Crippen LogP contribution in [-0.4, -0.2) is 40.4 Å². The molecule has 0 aliphatic heterocycles. The lowest BCUT2D eigenvalue weighted by molar-refractivity contribution is -0.388. The third-order valence-corrected chi connectivity index (χ3v) is 5.31. The highest BCUT2D eigenvalue weighted by molar-refractivity contribution is 7.92. The summed E-state index contributed by atoms with van der Waals surface area (Å²) in [5.41, 5.74) is 0. The van der Waals surface area contributed by atoms with Gasteiger partial charge in [-0.25, -0.2) is 8.42 Å². The van der Waals surface area contributed by atoms with Crippen LogP contribution < -0.4 is 5.32 Å². The topological polar surface area (TPSA) is 107 Å². The SMILES string of the molecule is Cc1nc([N+](=O)[O-])c(NCC(C)(C)S(C)(=O)=O)n1C. The van der Waals surface area contributed by atoms with Gasteiger partial charge in [0.2, 0.25) is 11.6 Å². The summed E-state index contributed by atoms with van der Waals surface area (Å²) < 4.78 is 23.7. The summed E-state index contributed by atoms with van der Waals surface area (Å²) in [6.45, 7) is 4.82. The van der Waals surface area contributed by atoms with Crippen molar-refractivity contribution in [1.82, 2.24) is 9.55 Å². The van der Waals surface area contributed by atoms with Gasteiger partial charge in [-0.1, -0.05) is 0 Å². The van der Waals surface area contributed by atoms with Crippen LogP contribution in [0.4, 0.5) is 11.6 Å². The first-order chi connectivity index (χ1) is 8.47. The largest absolute Gasteiger partial charge is 0.406 e. The summed E-state index contributed by atoms with van der Waals surface area (Å²) in [6, 6.07) is 0. The van der Waals surface area contributed by atoms with Crippen LogP contribution >= 0.6 is 0 Å². The number of aryl methyl sites for hydroxylation is 1. The van der Waals surface area contributed by atoms with Crippen LogP contribution in [0.3, 0.4) is 0 Å². The summed E-state index contributed by atoms with van der Waals surface area (Å²) >= 11 is 0. The maximum atomic E-state index is 11.6. The van der Waals surface area contributed by atoms with Crippen LogP contribution in [-0.2, 0) is 16.9 Å². The van der Waals surface area contributed by atoms with Crippen LogP contribution in [0, 0.1) is 17.0 Å². The first-order valence-electron chi connectivity index (χ1n) is 5.58. The number of nitro groups is 1. The third-order valence-electron chi connectivity index (χ3n) is 3.16. The number of nitrogens with zero attached hydrogens (tertiary/aromatic N) is 3. The van der Waals surface area contributed by atoms with Crippen molar-refractivity contribution in [2.24, 2.45) is 7.05 Å². The molecule has 0 spiro atoms. The molecule has 108 valence electrons. The molecule has 0 unspecified atom stereocenters. The number of hydrogen-bond donors (Lipinski definition) is 1. The molecule has 1 aromatic rings. The van der Waals surface area contributed by atoms with Gasteiger partial charge in [-0.3, -0.25) is 4.57 Å². The molecule has 0 amide bonds. The minimum atomic E-state index is -3.27. The number of aromatic nitrogens is 2. The molecule has 9 heteroatoms. The van der Waals surface area contributed by atoms with Crippen LogP contribution in [0.15, 0.2) is 0 Å². The number of hydrogen-bond acceptors (Lipinski definition) is 6. The van der Waals surface area contributed by atoms with E-state index in [0.29, 0.717) is 5.82 Å². The van der Waals surface area contributed by atoms with Gasteiger partial charge in [0, 0.05) is 26.8 Å². The van der Waals surface area contributed by atoms with E-state index in [1.165, 1.54) is 4.57 Å². The van der Waals surface area contributed by atoms with Gasteiger partial charge in [0.05, 0.1) is 4.75 Å². The molecule has 0 aromatic carbocycles. The lowest BCUT2D eigenvalue weighted by Crippen LogP contribution is -2.38.